The Labute approximate surface area is 174 Å². The smallest absolute Gasteiger partial charge is 0.258 e. The molecule has 0 atom stereocenters. The molecule has 1 aliphatic heterocycles. The van der Waals surface area contributed by atoms with E-state index in [4.69, 9.17) is 14.2 Å². The van der Waals surface area contributed by atoms with E-state index >= 15 is 0 Å². The number of anilines is 1. The molecule has 1 N–H and O–H groups in total. The number of ether oxygens (including phenoxy) is 3. The fourth-order valence-electron chi connectivity index (χ4n) is 3.06. The van der Waals surface area contributed by atoms with E-state index in [0.29, 0.717) is 47.3 Å². The topological polar surface area (TPSA) is 82.6 Å². The Morgan fingerprint density at radius 2 is 2.07 bits per heavy atom. The van der Waals surface area contributed by atoms with Gasteiger partial charge in [0.25, 0.3) is 5.91 Å². The molecule has 2 aromatic heterocycles. The van der Waals surface area contributed by atoms with Crippen LogP contribution in [0.2, 0.25) is 0 Å². The molecule has 9 heteroatoms. The SMILES string of the molecule is COc1ccc(C2COCCOC2)c2sc(NC(=O)c3ccncc3Br)nc12. The van der Waals surface area contributed by atoms with E-state index in [2.05, 4.69) is 31.2 Å². The fourth-order valence-corrected chi connectivity index (χ4v) is 4.56. The van der Waals surface area contributed by atoms with Crippen LogP contribution in [0.5, 0.6) is 5.75 Å². The van der Waals surface area contributed by atoms with Crippen molar-refractivity contribution in [3.05, 3.63) is 46.2 Å². The van der Waals surface area contributed by atoms with E-state index in [1.165, 1.54) is 11.3 Å². The number of thiazole rings is 1. The summed E-state index contributed by atoms with van der Waals surface area (Å²) in [4.78, 5) is 21.2. The first kappa shape index (κ1) is 19.3. The van der Waals surface area contributed by atoms with E-state index in [9.17, 15) is 4.79 Å². The number of nitrogens with one attached hydrogen (secondary N) is 1. The maximum absolute atomic E-state index is 12.6. The highest BCUT2D eigenvalue weighted by atomic mass is 79.9. The quantitative estimate of drug-likeness (QED) is 0.632. The van der Waals surface area contributed by atoms with E-state index in [0.717, 1.165) is 15.8 Å². The number of fused-ring (bicyclic) bond motifs is 1. The molecule has 0 saturated carbocycles. The zero-order valence-electron chi connectivity index (χ0n) is 15.1. The second-order valence-electron chi connectivity index (χ2n) is 6.21. The zero-order valence-corrected chi connectivity index (χ0v) is 17.5. The molecule has 1 amide bonds. The Bertz CT molecular complexity index is 1000. The lowest BCUT2D eigenvalue weighted by Gasteiger charge is -2.15. The Kier molecular flexibility index (Phi) is 5.86. The number of aromatic nitrogens is 2. The van der Waals surface area contributed by atoms with Crippen molar-refractivity contribution in [1.82, 2.24) is 9.97 Å². The summed E-state index contributed by atoms with van der Waals surface area (Å²) < 4.78 is 18.4. The van der Waals surface area contributed by atoms with Crippen molar-refractivity contribution in [2.75, 3.05) is 38.9 Å². The lowest BCUT2D eigenvalue weighted by Crippen LogP contribution is -2.12. The molecular formula is C19H18BrN3O4S. The number of amides is 1. The monoisotopic (exact) mass is 463 g/mol. The molecule has 0 radical (unpaired) electrons. The number of benzene rings is 1. The molecule has 7 nitrogen and oxygen atoms in total. The predicted octanol–water partition coefficient (Wildman–Crippen LogP) is 3.85. The third kappa shape index (κ3) is 3.88. The van der Waals surface area contributed by atoms with Crippen molar-refractivity contribution in [3.8, 4) is 5.75 Å². The van der Waals surface area contributed by atoms with Crippen LogP contribution in [0.3, 0.4) is 0 Å². The first-order valence-electron chi connectivity index (χ1n) is 8.71. The van der Waals surface area contributed by atoms with Crippen molar-refractivity contribution in [3.63, 3.8) is 0 Å². The molecular weight excluding hydrogens is 446 g/mol. The molecule has 1 aromatic carbocycles. The number of hydrogen-bond donors (Lipinski definition) is 1. The minimum Gasteiger partial charge on any atom is -0.494 e. The van der Waals surface area contributed by atoms with E-state index < -0.39 is 0 Å². The van der Waals surface area contributed by atoms with Crippen LogP contribution in [-0.4, -0.2) is 49.4 Å². The summed E-state index contributed by atoms with van der Waals surface area (Å²) in [5.74, 6) is 0.514. The number of pyridine rings is 1. The molecule has 146 valence electrons. The Balaban J connectivity index is 1.69. The van der Waals surface area contributed by atoms with Gasteiger partial charge in [-0.05, 0) is 33.6 Å². The van der Waals surface area contributed by atoms with Crippen molar-refractivity contribution in [2.45, 2.75) is 5.92 Å². The standard InChI is InChI=1S/C19H18BrN3O4S/c1-25-15-3-2-12(11-9-26-6-7-27-10-11)17-16(15)22-19(28-17)23-18(24)13-4-5-21-8-14(13)20/h2-5,8,11H,6-7,9-10H2,1H3,(H,22,23,24). The van der Waals surface area contributed by atoms with Gasteiger partial charge in [-0.3, -0.25) is 15.1 Å². The van der Waals surface area contributed by atoms with Gasteiger partial charge in [0.2, 0.25) is 0 Å². The number of nitrogens with zero attached hydrogens (tertiary/aromatic N) is 2. The van der Waals surface area contributed by atoms with Crippen molar-refractivity contribution in [2.24, 2.45) is 0 Å². The summed E-state index contributed by atoms with van der Waals surface area (Å²) in [5.41, 5.74) is 2.30. The third-order valence-electron chi connectivity index (χ3n) is 4.44. The second-order valence-corrected chi connectivity index (χ2v) is 8.06. The average molecular weight is 464 g/mol. The number of carbonyl (C=O) groups is 1. The van der Waals surface area contributed by atoms with Crippen LogP contribution in [-0.2, 0) is 9.47 Å². The van der Waals surface area contributed by atoms with Gasteiger partial charge in [0, 0.05) is 22.8 Å². The van der Waals surface area contributed by atoms with Crippen molar-refractivity contribution >= 4 is 48.5 Å². The van der Waals surface area contributed by atoms with Crippen LogP contribution in [0.1, 0.15) is 21.8 Å². The number of carbonyl (C=O) groups excluding carboxylic acids is 1. The summed E-state index contributed by atoms with van der Waals surface area (Å²) >= 11 is 4.77. The van der Waals surface area contributed by atoms with Crippen LogP contribution < -0.4 is 10.1 Å². The Hall–Kier alpha value is -2.07. The number of halogens is 1. The molecule has 4 rings (SSSR count). The minimum atomic E-state index is -0.255. The lowest BCUT2D eigenvalue weighted by atomic mass is 10.0. The highest BCUT2D eigenvalue weighted by molar-refractivity contribution is 9.10. The minimum absolute atomic E-state index is 0.106. The Morgan fingerprint density at radius 3 is 2.79 bits per heavy atom. The number of rotatable bonds is 4. The van der Waals surface area contributed by atoms with Gasteiger partial charge in [0.05, 0.1) is 43.8 Å². The van der Waals surface area contributed by atoms with Crippen LogP contribution in [0.25, 0.3) is 10.2 Å². The van der Waals surface area contributed by atoms with E-state index in [1.54, 1.807) is 25.6 Å². The van der Waals surface area contributed by atoms with E-state index in [1.807, 2.05) is 12.1 Å². The summed E-state index contributed by atoms with van der Waals surface area (Å²) in [7, 11) is 1.61. The maximum atomic E-state index is 12.6. The van der Waals surface area contributed by atoms with Gasteiger partial charge in [-0.1, -0.05) is 17.4 Å². The van der Waals surface area contributed by atoms with E-state index in [-0.39, 0.29) is 11.8 Å². The lowest BCUT2D eigenvalue weighted by molar-refractivity contribution is 0.102. The summed E-state index contributed by atoms with van der Waals surface area (Å²) in [6, 6.07) is 5.57. The van der Waals surface area contributed by atoms with Gasteiger partial charge in [-0.2, -0.15) is 0 Å². The van der Waals surface area contributed by atoms with Crippen LogP contribution in [0, 0.1) is 0 Å². The van der Waals surface area contributed by atoms with Crippen LogP contribution >= 0.6 is 27.3 Å². The maximum Gasteiger partial charge on any atom is 0.258 e. The third-order valence-corrected chi connectivity index (χ3v) is 6.10. The second kappa shape index (κ2) is 8.52. The molecule has 1 saturated heterocycles. The molecule has 0 unspecified atom stereocenters. The molecule has 0 aliphatic carbocycles. The summed E-state index contributed by atoms with van der Waals surface area (Å²) in [6.45, 7) is 2.37. The molecule has 3 aromatic rings. The van der Waals surface area contributed by atoms with Gasteiger partial charge in [0.15, 0.2) is 5.13 Å². The molecule has 1 fully saturated rings. The Morgan fingerprint density at radius 1 is 1.29 bits per heavy atom. The molecule has 1 aliphatic rings. The average Bonchev–Trinajstić information content (AvgIpc) is 2.93. The first-order valence-corrected chi connectivity index (χ1v) is 10.3. The molecule has 28 heavy (non-hydrogen) atoms. The highest BCUT2D eigenvalue weighted by Gasteiger charge is 2.22. The van der Waals surface area contributed by atoms with Gasteiger partial charge in [-0.15, -0.1) is 0 Å². The molecule has 0 spiro atoms. The van der Waals surface area contributed by atoms with Crippen molar-refractivity contribution < 1.29 is 19.0 Å². The van der Waals surface area contributed by atoms with Gasteiger partial charge < -0.3 is 14.2 Å². The van der Waals surface area contributed by atoms with Gasteiger partial charge >= 0.3 is 0 Å². The predicted molar refractivity (Wildman–Crippen MR) is 110 cm³/mol. The van der Waals surface area contributed by atoms with Gasteiger partial charge in [-0.25, -0.2) is 4.98 Å². The zero-order chi connectivity index (χ0) is 19.5. The molecule has 0 bridgehead atoms. The highest BCUT2D eigenvalue weighted by Crippen LogP contribution is 2.38. The number of hydrogen-bond acceptors (Lipinski definition) is 7. The summed E-state index contributed by atoms with van der Waals surface area (Å²) in [5, 5.41) is 3.38. The summed E-state index contributed by atoms with van der Waals surface area (Å²) in [6.07, 6.45) is 3.16. The van der Waals surface area contributed by atoms with Gasteiger partial charge in [0.1, 0.15) is 11.3 Å². The fraction of sp³-hybridized carbons (Fsp3) is 0.316. The van der Waals surface area contributed by atoms with Crippen LogP contribution in [0.4, 0.5) is 5.13 Å². The van der Waals surface area contributed by atoms with Crippen LogP contribution in [0.15, 0.2) is 35.1 Å². The number of methoxy groups -OCH3 is 1. The molecule has 3 heterocycles. The normalized spacial score (nSPS) is 15.4. The van der Waals surface area contributed by atoms with Crippen molar-refractivity contribution in [1.29, 1.82) is 0 Å². The first-order chi connectivity index (χ1) is 13.7. The largest absolute Gasteiger partial charge is 0.494 e.